The number of aryl methyl sites for hydroxylation is 3. The Labute approximate surface area is 206 Å². The van der Waals surface area contributed by atoms with Crippen LogP contribution in [0.2, 0.25) is 0 Å². The molecule has 184 valence electrons. The lowest BCUT2D eigenvalue weighted by Crippen LogP contribution is -2.28. The predicted octanol–water partition coefficient (Wildman–Crippen LogP) is 8.56. The summed E-state index contributed by atoms with van der Waals surface area (Å²) in [7, 11) is 0. The number of benzene rings is 2. The van der Waals surface area contributed by atoms with Crippen LogP contribution in [0.3, 0.4) is 0 Å². The van der Waals surface area contributed by atoms with Crippen molar-refractivity contribution in [2.45, 2.75) is 74.7 Å². The number of rotatable bonds is 8. The van der Waals surface area contributed by atoms with Crippen molar-refractivity contribution in [2.75, 3.05) is 6.54 Å². The van der Waals surface area contributed by atoms with Gasteiger partial charge < -0.3 is 4.90 Å². The Bertz CT molecular complexity index is 1020. The highest BCUT2D eigenvalue weighted by Crippen LogP contribution is 2.24. The average molecular weight is 464 g/mol. The predicted molar refractivity (Wildman–Crippen MR) is 148 cm³/mol. The monoisotopic (exact) mass is 463 g/mol. The summed E-state index contributed by atoms with van der Waals surface area (Å²) < 4.78 is 14.7. The molecule has 3 nitrogen and oxygen atoms in total. The second-order valence-corrected chi connectivity index (χ2v) is 8.65. The summed E-state index contributed by atoms with van der Waals surface area (Å²) in [5.74, 6) is 0.469. The maximum atomic E-state index is 14.7. The first kappa shape index (κ1) is 29.0. The molecule has 0 aliphatic carbocycles. The van der Waals surface area contributed by atoms with E-state index < -0.39 is 0 Å². The fourth-order valence-electron chi connectivity index (χ4n) is 3.33. The SMILES string of the molecule is C=C(c1cccc(C)c1F)N(CCCC)/C(C)=N/N=C(\C)c1cc(C)c(C)c(C)c1.C=CCC. The largest absolute Gasteiger partial charge is 0.328 e. The third-order valence-corrected chi connectivity index (χ3v) is 5.93. The second-order valence-electron chi connectivity index (χ2n) is 8.65. The molecule has 0 saturated heterocycles. The zero-order valence-corrected chi connectivity index (χ0v) is 22.4. The van der Waals surface area contributed by atoms with Gasteiger partial charge in [0.2, 0.25) is 0 Å². The fraction of sp³-hybridized carbons (Fsp3) is 0.400. The van der Waals surface area contributed by atoms with E-state index in [1.54, 1.807) is 19.1 Å². The first-order chi connectivity index (χ1) is 16.1. The Morgan fingerprint density at radius 2 is 1.59 bits per heavy atom. The Morgan fingerprint density at radius 3 is 2.12 bits per heavy atom. The maximum Gasteiger partial charge on any atom is 0.135 e. The van der Waals surface area contributed by atoms with Gasteiger partial charge in [-0.15, -0.1) is 11.7 Å². The third kappa shape index (κ3) is 8.09. The van der Waals surface area contributed by atoms with E-state index in [9.17, 15) is 4.39 Å². The van der Waals surface area contributed by atoms with E-state index in [2.05, 4.69) is 70.1 Å². The van der Waals surface area contributed by atoms with Crippen molar-refractivity contribution in [3.05, 3.63) is 88.8 Å². The molecule has 2 rings (SSSR count). The first-order valence-electron chi connectivity index (χ1n) is 12.1. The van der Waals surface area contributed by atoms with Gasteiger partial charge in [0, 0.05) is 17.8 Å². The van der Waals surface area contributed by atoms with Gasteiger partial charge in [-0.25, -0.2) is 4.39 Å². The highest BCUT2D eigenvalue weighted by molar-refractivity contribution is 5.99. The number of hydrogen-bond acceptors (Lipinski definition) is 2. The number of nitrogens with zero attached hydrogens (tertiary/aromatic N) is 3. The molecule has 34 heavy (non-hydrogen) atoms. The second kappa shape index (κ2) is 14.3. The topological polar surface area (TPSA) is 28.0 Å². The van der Waals surface area contributed by atoms with E-state index in [4.69, 9.17) is 0 Å². The van der Waals surface area contributed by atoms with E-state index in [1.165, 1.54) is 16.7 Å². The molecule has 0 radical (unpaired) electrons. The van der Waals surface area contributed by atoms with Crippen molar-refractivity contribution in [1.82, 2.24) is 4.90 Å². The van der Waals surface area contributed by atoms with Gasteiger partial charge in [-0.2, -0.15) is 5.10 Å². The molecule has 0 spiro atoms. The molecular formula is C30H42FN3. The van der Waals surface area contributed by atoms with Crippen LogP contribution in [0.4, 0.5) is 4.39 Å². The smallest absolute Gasteiger partial charge is 0.135 e. The summed E-state index contributed by atoms with van der Waals surface area (Å²) in [5, 5.41) is 8.96. The van der Waals surface area contributed by atoms with Crippen molar-refractivity contribution in [3.63, 3.8) is 0 Å². The molecule has 4 heteroatoms. The van der Waals surface area contributed by atoms with Gasteiger partial charge >= 0.3 is 0 Å². The highest BCUT2D eigenvalue weighted by atomic mass is 19.1. The maximum absolute atomic E-state index is 14.7. The standard InChI is InChI=1S/C26H34FN3.C4H8/c1-9-10-14-30(22(7)25-13-11-12-17(2)26(25)27)23(8)29-28-21(6)24-15-18(3)20(5)19(4)16-24;1-3-4-2/h11-13,15-16H,7,9-10,14H2,1-6,8H3;3H,1,4H2,2H3/b28-21+,29-23+;. The van der Waals surface area contributed by atoms with Gasteiger partial charge in [0.05, 0.1) is 5.71 Å². The van der Waals surface area contributed by atoms with Crippen LogP contribution >= 0.6 is 0 Å². The van der Waals surface area contributed by atoms with Crippen LogP contribution in [0.15, 0.2) is 59.8 Å². The van der Waals surface area contributed by atoms with E-state index in [0.29, 0.717) is 22.7 Å². The average Bonchev–Trinajstić information content (AvgIpc) is 2.82. The van der Waals surface area contributed by atoms with Crippen LogP contribution in [0, 0.1) is 33.5 Å². The van der Waals surface area contributed by atoms with Crippen molar-refractivity contribution in [1.29, 1.82) is 0 Å². The molecule has 2 aromatic carbocycles. The van der Waals surface area contributed by atoms with Gasteiger partial charge in [-0.3, -0.25) is 0 Å². The lowest BCUT2D eigenvalue weighted by Gasteiger charge is -2.26. The number of amidine groups is 1. The summed E-state index contributed by atoms with van der Waals surface area (Å²) in [4.78, 5) is 1.96. The number of hydrogen-bond donors (Lipinski definition) is 0. The van der Waals surface area contributed by atoms with Crippen LogP contribution in [-0.4, -0.2) is 23.0 Å². The molecule has 0 atom stereocenters. The molecule has 0 heterocycles. The van der Waals surface area contributed by atoms with Crippen molar-refractivity contribution < 1.29 is 4.39 Å². The number of halogens is 1. The fourth-order valence-corrected chi connectivity index (χ4v) is 3.33. The highest BCUT2D eigenvalue weighted by Gasteiger charge is 2.17. The van der Waals surface area contributed by atoms with Crippen LogP contribution in [0.25, 0.3) is 5.70 Å². The molecule has 0 aromatic heterocycles. The van der Waals surface area contributed by atoms with E-state index in [-0.39, 0.29) is 5.82 Å². The van der Waals surface area contributed by atoms with E-state index in [1.807, 2.05) is 30.9 Å². The quantitative estimate of drug-likeness (QED) is 0.167. The Morgan fingerprint density at radius 1 is 1.00 bits per heavy atom. The van der Waals surface area contributed by atoms with Crippen LogP contribution in [0.5, 0.6) is 0 Å². The lowest BCUT2D eigenvalue weighted by molar-refractivity contribution is 0.535. The summed E-state index contributed by atoms with van der Waals surface area (Å²) in [6, 6.07) is 9.67. The third-order valence-electron chi connectivity index (χ3n) is 5.93. The minimum atomic E-state index is -0.234. The minimum absolute atomic E-state index is 0.234. The molecule has 2 aromatic rings. The van der Waals surface area contributed by atoms with Gasteiger partial charge in [0.25, 0.3) is 0 Å². The normalized spacial score (nSPS) is 11.6. The summed E-state index contributed by atoms with van der Waals surface area (Å²) in [6.45, 7) is 24.5. The van der Waals surface area contributed by atoms with Crippen LogP contribution in [-0.2, 0) is 0 Å². The molecule has 0 unspecified atom stereocenters. The van der Waals surface area contributed by atoms with Gasteiger partial charge in [-0.05, 0) is 100 Å². The summed E-state index contributed by atoms with van der Waals surface area (Å²) in [5.41, 5.74) is 7.43. The Balaban J connectivity index is 0.00000133. The van der Waals surface area contributed by atoms with E-state index in [0.717, 1.165) is 37.1 Å². The molecule has 0 amide bonds. The number of allylic oxidation sites excluding steroid dienone is 1. The van der Waals surface area contributed by atoms with Crippen molar-refractivity contribution in [2.24, 2.45) is 10.2 Å². The number of unbranched alkanes of at least 4 members (excludes halogenated alkanes) is 1. The van der Waals surface area contributed by atoms with Crippen molar-refractivity contribution >= 4 is 17.2 Å². The first-order valence-corrected chi connectivity index (χ1v) is 12.1. The molecule has 0 saturated carbocycles. The molecule has 0 aliphatic heterocycles. The Kier molecular flexibility index (Phi) is 12.2. The molecule has 0 fully saturated rings. The van der Waals surface area contributed by atoms with Crippen LogP contribution < -0.4 is 0 Å². The summed E-state index contributed by atoms with van der Waals surface area (Å²) >= 11 is 0. The Hall–Kier alpha value is -3.01. The zero-order chi connectivity index (χ0) is 25.8. The van der Waals surface area contributed by atoms with Crippen LogP contribution in [0.1, 0.15) is 80.3 Å². The molecule has 0 bridgehead atoms. The summed E-state index contributed by atoms with van der Waals surface area (Å²) in [6.07, 6.45) is 4.94. The minimum Gasteiger partial charge on any atom is -0.328 e. The molecule has 0 N–H and O–H groups in total. The molecule has 0 aliphatic rings. The van der Waals surface area contributed by atoms with Crippen molar-refractivity contribution in [3.8, 4) is 0 Å². The van der Waals surface area contributed by atoms with E-state index >= 15 is 0 Å². The lowest BCUT2D eigenvalue weighted by atomic mass is 9.99. The van der Waals surface area contributed by atoms with Gasteiger partial charge in [-0.1, -0.05) is 45.1 Å². The zero-order valence-electron chi connectivity index (χ0n) is 22.4. The van der Waals surface area contributed by atoms with Gasteiger partial charge in [0.1, 0.15) is 11.7 Å². The van der Waals surface area contributed by atoms with Gasteiger partial charge in [0.15, 0.2) is 0 Å². The molecular weight excluding hydrogens is 421 g/mol.